The largest absolute Gasteiger partial charge is 0.381 e. The molecule has 0 radical (unpaired) electrons. The van der Waals surface area contributed by atoms with Crippen molar-refractivity contribution in [1.82, 2.24) is 9.55 Å². The zero-order valence-electron chi connectivity index (χ0n) is 11.5. The lowest BCUT2D eigenvalue weighted by atomic mass is 10.1. The van der Waals surface area contributed by atoms with Gasteiger partial charge in [0.25, 0.3) is 0 Å². The molecule has 1 aliphatic rings. The summed E-state index contributed by atoms with van der Waals surface area (Å²) in [5.74, 6) is 1.35. The zero-order chi connectivity index (χ0) is 14.9. The maximum absolute atomic E-state index is 11.2. The second-order valence-corrected chi connectivity index (χ2v) is 6.72. The highest BCUT2D eigenvalue weighted by Crippen LogP contribution is 2.24. The number of nitrogens with zero attached hydrogens (tertiary/aromatic N) is 2. The minimum Gasteiger partial charge on any atom is -0.381 e. The zero-order valence-corrected chi connectivity index (χ0v) is 12.3. The van der Waals surface area contributed by atoms with Gasteiger partial charge in [-0.3, -0.25) is 0 Å². The van der Waals surface area contributed by atoms with Gasteiger partial charge in [0.05, 0.1) is 11.5 Å². The van der Waals surface area contributed by atoms with Gasteiger partial charge in [0.2, 0.25) is 10.0 Å². The van der Waals surface area contributed by atoms with Crippen LogP contribution in [-0.2, 0) is 21.3 Å². The number of aromatic nitrogens is 2. The summed E-state index contributed by atoms with van der Waals surface area (Å²) in [6.45, 7) is 2.14. The Balaban J connectivity index is 1.79. The van der Waals surface area contributed by atoms with E-state index in [0.717, 1.165) is 24.4 Å². The predicted octanol–water partition coefficient (Wildman–Crippen LogP) is 1.08. The van der Waals surface area contributed by atoms with Gasteiger partial charge in [-0.15, -0.1) is 0 Å². The first-order valence-electron chi connectivity index (χ1n) is 6.74. The standard InChI is InChI=1S/C14H17N3O3S/c15-21(18,19)13-3-1-11(2-4-13)9-17-7-6-16-14(17)12-5-8-20-10-12/h1-4,6-7,12H,5,8-10H2,(H2,15,18,19). The predicted molar refractivity (Wildman–Crippen MR) is 77.3 cm³/mol. The monoisotopic (exact) mass is 307 g/mol. The van der Waals surface area contributed by atoms with E-state index in [2.05, 4.69) is 9.55 Å². The first-order chi connectivity index (χ1) is 10.0. The van der Waals surface area contributed by atoms with Crippen LogP contribution in [0.1, 0.15) is 23.7 Å². The van der Waals surface area contributed by atoms with Crippen LogP contribution in [0.3, 0.4) is 0 Å². The van der Waals surface area contributed by atoms with Crippen LogP contribution in [0.15, 0.2) is 41.6 Å². The lowest BCUT2D eigenvalue weighted by Gasteiger charge is -2.12. The molecular formula is C14H17N3O3S. The molecule has 0 bridgehead atoms. The van der Waals surface area contributed by atoms with Gasteiger partial charge in [-0.2, -0.15) is 0 Å². The molecule has 6 nitrogen and oxygen atoms in total. The maximum Gasteiger partial charge on any atom is 0.238 e. The minimum atomic E-state index is -3.64. The molecular weight excluding hydrogens is 290 g/mol. The molecule has 0 saturated carbocycles. The normalized spacial score (nSPS) is 19.0. The molecule has 1 unspecified atom stereocenters. The number of sulfonamides is 1. The molecule has 1 fully saturated rings. The Morgan fingerprint density at radius 2 is 2.10 bits per heavy atom. The Kier molecular flexibility index (Phi) is 3.79. The second kappa shape index (κ2) is 5.59. The van der Waals surface area contributed by atoms with E-state index in [0.29, 0.717) is 19.1 Å². The highest BCUT2D eigenvalue weighted by molar-refractivity contribution is 7.89. The van der Waals surface area contributed by atoms with E-state index in [1.165, 1.54) is 12.1 Å². The van der Waals surface area contributed by atoms with Gasteiger partial charge in [0, 0.05) is 31.5 Å². The molecule has 3 rings (SSSR count). The fraction of sp³-hybridized carbons (Fsp3) is 0.357. The number of hydrogen-bond donors (Lipinski definition) is 1. The third-order valence-electron chi connectivity index (χ3n) is 3.65. The van der Waals surface area contributed by atoms with Crippen LogP contribution in [0, 0.1) is 0 Å². The van der Waals surface area contributed by atoms with Crippen LogP contribution in [0.25, 0.3) is 0 Å². The van der Waals surface area contributed by atoms with Gasteiger partial charge in [0.15, 0.2) is 0 Å². The van der Waals surface area contributed by atoms with Crippen molar-refractivity contribution in [3.05, 3.63) is 48.0 Å². The van der Waals surface area contributed by atoms with Crippen molar-refractivity contribution in [3.63, 3.8) is 0 Å². The van der Waals surface area contributed by atoms with Crippen molar-refractivity contribution in [1.29, 1.82) is 0 Å². The number of benzene rings is 1. The summed E-state index contributed by atoms with van der Waals surface area (Å²) >= 11 is 0. The topological polar surface area (TPSA) is 87.2 Å². The van der Waals surface area contributed by atoms with Gasteiger partial charge < -0.3 is 9.30 Å². The molecule has 0 spiro atoms. The molecule has 2 heterocycles. The average molecular weight is 307 g/mol. The highest BCUT2D eigenvalue weighted by atomic mass is 32.2. The molecule has 0 amide bonds. The lowest BCUT2D eigenvalue weighted by Crippen LogP contribution is -2.12. The maximum atomic E-state index is 11.2. The summed E-state index contributed by atoms with van der Waals surface area (Å²) in [5, 5.41) is 5.09. The summed E-state index contributed by atoms with van der Waals surface area (Å²) < 4.78 is 30.0. The fourth-order valence-corrected chi connectivity index (χ4v) is 3.05. The number of ether oxygens (including phenoxy) is 1. The first-order valence-corrected chi connectivity index (χ1v) is 8.29. The lowest BCUT2D eigenvalue weighted by molar-refractivity contribution is 0.192. The number of hydrogen-bond acceptors (Lipinski definition) is 4. The summed E-state index contributed by atoms with van der Waals surface area (Å²) in [4.78, 5) is 4.54. The van der Waals surface area contributed by atoms with E-state index in [-0.39, 0.29) is 4.90 Å². The van der Waals surface area contributed by atoms with Gasteiger partial charge >= 0.3 is 0 Å². The molecule has 112 valence electrons. The molecule has 2 aromatic rings. The number of imidazole rings is 1. The molecule has 1 aromatic heterocycles. The number of primary sulfonamides is 1. The molecule has 7 heteroatoms. The molecule has 1 aliphatic heterocycles. The summed E-state index contributed by atoms with van der Waals surface area (Å²) in [6.07, 6.45) is 4.70. The second-order valence-electron chi connectivity index (χ2n) is 5.16. The van der Waals surface area contributed by atoms with E-state index < -0.39 is 10.0 Å². The van der Waals surface area contributed by atoms with Crippen molar-refractivity contribution >= 4 is 10.0 Å². The minimum absolute atomic E-state index is 0.126. The van der Waals surface area contributed by atoms with Gasteiger partial charge in [-0.1, -0.05) is 12.1 Å². The third-order valence-corrected chi connectivity index (χ3v) is 4.58. The summed E-state index contributed by atoms with van der Waals surface area (Å²) in [7, 11) is -3.64. The Hall–Kier alpha value is -1.70. The summed E-state index contributed by atoms with van der Waals surface area (Å²) in [6, 6.07) is 6.60. The van der Waals surface area contributed by atoms with Crippen molar-refractivity contribution in [3.8, 4) is 0 Å². The Morgan fingerprint density at radius 1 is 1.33 bits per heavy atom. The Bertz CT molecular complexity index is 716. The quantitative estimate of drug-likeness (QED) is 0.915. The van der Waals surface area contributed by atoms with Gasteiger partial charge in [-0.05, 0) is 24.1 Å². The summed E-state index contributed by atoms with van der Waals surface area (Å²) in [5.41, 5.74) is 1.00. The van der Waals surface area contributed by atoms with Crippen LogP contribution < -0.4 is 5.14 Å². The van der Waals surface area contributed by atoms with Crippen LogP contribution in [0.2, 0.25) is 0 Å². The van der Waals surface area contributed by atoms with Crippen molar-refractivity contribution < 1.29 is 13.2 Å². The molecule has 1 atom stereocenters. The molecule has 1 saturated heterocycles. The van der Waals surface area contributed by atoms with Crippen molar-refractivity contribution in [2.75, 3.05) is 13.2 Å². The van der Waals surface area contributed by atoms with E-state index >= 15 is 0 Å². The van der Waals surface area contributed by atoms with Gasteiger partial charge in [0.1, 0.15) is 5.82 Å². The van der Waals surface area contributed by atoms with E-state index in [1.807, 2.05) is 6.20 Å². The fourth-order valence-electron chi connectivity index (χ4n) is 2.53. The van der Waals surface area contributed by atoms with Crippen LogP contribution in [-0.4, -0.2) is 31.2 Å². The highest BCUT2D eigenvalue weighted by Gasteiger charge is 2.22. The smallest absolute Gasteiger partial charge is 0.238 e. The number of rotatable bonds is 4. The van der Waals surface area contributed by atoms with Crippen molar-refractivity contribution in [2.24, 2.45) is 5.14 Å². The third kappa shape index (κ3) is 3.15. The molecule has 2 N–H and O–H groups in total. The molecule has 21 heavy (non-hydrogen) atoms. The van der Waals surface area contributed by atoms with E-state index in [4.69, 9.17) is 9.88 Å². The number of nitrogens with two attached hydrogens (primary N) is 1. The first kappa shape index (κ1) is 14.2. The van der Waals surface area contributed by atoms with Gasteiger partial charge in [-0.25, -0.2) is 18.5 Å². The van der Waals surface area contributed by atoms with Crippen molar-refractivity contribution in [2.45, 2.75) is 23.8 Å². The van der Waals surface area contributed by atoms with Crippen LogP contribution in [0.4, 0.5) is 0 Å². The Morgan fingerprint density at radius 3 is 2.71 bits per heavy atom. The Labute approximate surface area is 123 Å². The van der Waals surface area contributed by atoms with E-state index in [9.17, 15) is 8.42 Å². The van der Waals surface area contributed by atoms with Crippen LogP contribution in [0.5, 0.6) is 0 Å². The molecule has 0 aliphatic carbocycles. The molecule has 1 aromatic carbocycles. The van der Waals surface area contributed by atoms with Crippen LogP contribution >= 0.6 is 0 Å². The SMILES string of the molecule is NS(=O)(=O)c1ccc(Cn2ccnc2C2CCOC2)cc1. The van der Waals surface area contributed by atoms with E-state index in [1.54, 1.807) is 18.3 Å². The average Bonchev–Trinajstić information content (AvgIpc) is 3.08.